The smallest absolute Gasteiger partial charge is 0.227 e. The molecule has 9 heteroatoms. The van der Waals surface area contributed by atoms with E-state index < -0.39 is 0 Å². The zero-order valence-corrected chi connectivity index (χ0v) is 24.7. The van der Waals surface area contributed by atoms with Crippen LogP contribution in [-0.2, 0) is 11.2 Å². The van der Waals surface area contributed by atoms with Crippen molar-refractivity contribution in [2.24, 2.45) is 0 Å². The highest BCUT2D eigenvalue weighted by molar-refractivity contribution is 5.92. The molecule has 41 heavy (non-hydrogen) atoms. The number of ether oxygens (including phenoxy) is 3. The maximum Gasteiger partial charge on any atom is 0.227 e. The monoisotopic (exact) mass is 561 g/mol. The molecule has 2 aliphatic rings. The van der Waals surface area contributed by atoms with E-state index >= 15 is 0 Å². The lowest BCUT2D eigenvalue weighted by molar-refractivity contribution is -0.130. The molecule has 0 atom stereocenters. The molecule has 9 nitrogen and oxygen atoms in total. The van der Waals surface area contributed by atoms with E-state index in [2.05, 4.69) is 19.8 Å². The van der Waals surface area contributed by atoms with Gasteiger partial charge in [0.15, 0.2) is 11.5 Å². The third kappa shape index (κ3) is 7.58. The van der Waals surface area contributed by atoms with E-state index in [-0.39, 0.29) is 12.0 Å². The van der Waals surface area contributed by atoms with Crippen LogP contribution in [-0.4, -0.2) is 91.3 Å². The molecule has 1 aromatic heterocycles. The number of benzene rings is 2. The van der Waals surface area contributed by atoms with Crippen LogP contribution < -0.4 is 19.1 Å². The molecule has 1 amide bonds. The second kappa shape index (κ2) is 13.9. The molecule has 0 radical (unpaired) electrons. The van der Waals surface area contributed by atoms with Gasteiger partial charge in [-0.25, -0.2) is 9.97 Å². The summed E-state index contributed by atoms with van der Waals surface area (Å²) in [5.74, 6) is 3.22. The second-order valence-electron chi connectivity index (χ2n) is 11.2. The van der Waals surface area contributed by atoms with Gasteiger partial charge < -0.3 is 28.9 Å². The first-order chi connectivity index (χ1) is 20.0. The number of methoxy groups -OCH3 is 1. The van der Waals surface area contributed by atoms with Crippen molar-refractivity contribution in [3.63, 3.8) is 0 Å². The van der Waals surface area contributed by atoms with Crippen LogP contribution in [0, 0.1) is 0 Å². The fourth-order valence-electron chi connectivity index (χ4n) is 5.64. The highest BCUT2D eigenvalue weighted by Gasteiger charge is 2.24. The van der Waals surface area contributed by atoms with Crippen LogP contribution in [0.5, 0.6) is 17.2 Å². The Morgan fingerprint density at radius 1 is 0.927 bits per heavy atom. The number of fused-ring (bicyclic) bond motifs is 1. The minimum Gasteiger partial charge on any atom is -0.493 e. The normalized spacial score (nSPS) is 16.3. The fraction of sp³-hybridized carbons (Fsp3) is 0.531. The number of aromatic nitrogens is 2. The van der Waals surface area contributed by atoms with E-state index in [0.717, 1.165) is 41.0 Å². The van der Waals surface area contributed by atoms with E-state index in [0.29, 0.717) is 50.7 Å². The van der Waals surface area contributed by atoms with Crippen LogP contribution in [0.4, 0.5) is 5.82 Å². The molecule has 5 rings (SSSR count). The number of likely N-dealkylation sites (tertiary alicyclic amines) is 1. The first-order valence-electron chi connectivity index (χ1n) is 15.0. The average Bonchev–Trinajstić information content (AvgIpc) is 3.00. The van der Waals surface area contributed by atoms with Crippen LogP contribution in [0.15, 0.2) is 42.7 Å². The van der Waals surface area contributed by atoms with Gasteiger partial charge in [0.25, 0.3) is 0 Å². The lowest BCUT2D eigenvalue weighted by Crippen LogP contribution is -2.49. The summed E-state index contributed by atoms with van der Waals surface area (Å²) in [5.41, 5.74) is 1.82. The molecule has 3 aromatic rings. The summed E-state index contributed by atoms with van der Waals surface area (Å²) in [6, 6.07) is 11.7. The Hall–Kier alpha value is -3.59. The summed E-state index contributed by atoms with van der Waals surface area (Å²) in [6.07, 6.45) is 7.05. The standard InChI is InChI=1S/C32H43N5O4/c1-24(2)41-26-10-8-25(9-11-26)20-31(38)36-15-17-37(18-16-36)32-27-21-29(39-3)30(22-28(27)33-23-34-32)40-19-7-14-35-12-5-4-6-13-35/h8-11,21-24H,4-7,12-20H2,1-3H3. The lowest BCUT2D eigenvalue weighted by Gasteiger charge is -2.36. The molecule has 0 N–H and O–H groups in total. The van der Waals surface area contributed by atoms with Crippen molar-refractivity contribution in [1.82, 2.24) is 19.8 Å². The number of nitrogens with zero attached hydrogens (tertiary/aromatic N) is 5. The van der Waals surface area contributed by atoms with Gasteiger partial charge in [0, 0.05) is 44.2 Å². The summed E-state index contributed by atoms with van der Waals surface area (Å²) in [7, 11) is 1.67. The van der Waals surface area contributed by atoms with Crippen LogP contribution in [0.3, 0.4) is 0 Å². The van der Waals surface area contributed by atoms with E-state index in [1.54, 1.807) is 13.4 Å². The van der Waals surface area contributed by atoms with Gasteiger partial charge in [-0.1, -0.05) is 18.6 Å². The summed E-state index contributed by atoms with van der Waals surface area (Å²) in [6.45, 7) is 10.8. The molecule has 0 spiro atoms. The second-order valence-corrected chi connectivity index (χ2v) is 11.2. The summed E-state index contributed by atoms with van der Waals surface area (Å²) in [4.78, 5) is 28.9. The predicted octanol–water partition coefficient (Wildman–Crippen LogP) is 4.57. The molecule has 0 aliphatic carbocycles. The van der Waals surface area contributed by atoms with Gasteiger partial charge in [0.2, 0.25) is 5.91 Å². The number of piperidine rings is 1. The zero-order chi connectivity index (χ0) is 28.6. The number of anilines is 1. The van der Waals surface area contributed by atoms with Crippen LogP contribution in [0.2, 0.25) is 0 Å². The van der Waals surface area contributed by atoms with Gasteiger partial charge in [-0.2, -0.15) is 0 Å². The number of hydrogen-bond donors (Lipinski definition) is 0. The van der Waals surface area contributed by atoms with Crippen LogP contribution in [0.25, 0.3) is 10.9 Å². The third-order valence-corrected chi connectivity index (χ3v) is 7.81. The van der Waals surface area contributed by atoms with Gasteiger partial charge >= 0.3 is 0 Å². The quantitative estimate of drug-likeness (QED) is 0.315. The Bertz CT molecular complexity index is 1290. The van der Waals surface area contributed by atoms with Crippen molar-refractivity contribution in [2.45, 2.75) is 52.1 Å². The van der Waals surface area contributed by atoms with E-state index in [1.807, 2.05) is 55.1 Å². The molecule has 2 aromatic carbocycles. The van der Waals surface area contributed by atoms with Crippen molar-refractivity contribution in [3.05, 3.63) is 48.3 Å². The number of carbonyl (C=O) groups is 1. The average molecular weight is 562 g/mol. The number of hydrogen-bond acceptors (Lipinski definition) is 8. The number of rotatable bonds is 11. The van der Waals surface area contributed by atoms with Crippen molar-refractivity contribution < 1.29 is 19.0 Å². The minimum atomic E-state index is 0.126. The van der Waals surface area contributed by atoms with Crippen LogP contribution >= 0.6 is 0 Å². The van der Waals surface area contributed by atoms with Crippen molar-refractivity contribution >= 4 is 22.6 Å². The maximum absolute atomic E-state index is 13.0. The van der Waals surface area contributed by atoms with Gasteiger partial charge in [-0.3, -0.25) is 4.79 Å². The maximum atomic E-state index is 13.0. The molecule has 3 heterocycles. The fourth-order valence-corrected chi connectivity index (χ4v) is 5.64. The first kappa shape index (κ1) is 28.9. The Kier molecular flexibility index (Phi) is 9.77. The van der Waals surface area contributed by atoms with Crippen molar-refractivity contribution in [3.8, 4) is 17.2 Å². The SMILES string of the molecule is COc1cc2c(N3CCN(C(=O)Cc4ccc(OC(C)C)cc4)CC3)ncnc2cc1OCCCN1CCCCC1. The van der Waals surface area contributed by atoms with E-state index in [1.165, 1.54) is 32.4 Å². The zero-order valence-electron chi connectivity index (χ0n) is 24.7. The Morgan fingerprint density at radius 3 is 2.39 bits per heavy atom. The summed E-state index contributed by atoms with van der Waals surface area (Å²) < 4.78 is 17.6. The number of amides is 1. The third-order valence-electron chi connectivity index (χ3n) is 7.81. The molecule has 2 aliphatic heterocycles. The molecule has 0 unspecified atom stereocenters. The molecule has 0 saturated carbocycles. The summed E-state index contributed by atoms with van der Waals surface area (Å²) >= 11 is 0. The lowest BCUT2D eigenvalue weighted by atomic mass is 10.1. The highest BCUT2D eigenvalue weighted by Crippen LogP contribution is 2.35. The Balaban J connectivity index is 1.18. The van der Waals surface area contributed by atoms with E-state index in [9.17, 15) is 4.79 Å². The molecular formula is C32H43N5O4. The van der Waals surface area contributed by atoms with Crippen molar-refractivity contribution in [1.29, 1.82) is 0 Å². The first-order valence-corrected chi connectivity index (χ1v) is 15.0. The molecule has 0 bridgehead atoms. The highest BCUT2D eigenvalue weighted by atomic mass is 16.5. The van der Waals surface area contributed by atoms with Crippen LogP contribution in [0.1, 0.15) is 45.1 Å². The van der Waals surface area contributed by atoms with Crippen molar-refractivity contribution in [2.75, 3.05) is 64.4 Å². The van der Waals surface area contributed by atoms with Gasteiger partial charge in [0.05, 0.1) is 31.8 Å². The number of carbonyl (C=O) groups excluding carboxylic acids is 1. The minimum absolute atomic E-state index is 0.126. The molecule has 220 valence electrons. The molecule has 2 fully saturated rings. The molecule has 2 saturated heterocycles. The number of piperazine rings is 1. The van der Waals surface area contributed by atoms with E-state index in [4.69, 9.17) is 14.2 Å². The largest absolute Gasteiger partial charge is 0.493 e. The summed E-state index contributed by atoms with van der Waals surface area (Å²) in [5, 5.41) is 0.925. The Morgan fingerprint density at radius 2 is 1.68 bits per heavy atom. The molecular weight excluding hydrogens is 518 g/mol. The topological polar surface area (TPSA) is 80.3 Å². The van der Waals surface area contributed by atoms with Gasteiger partial charge in [0.1, 0.15) is 17.9 Å². The predicted molar refractivity (Wildman–Crippen MR) is 161 cm³/mol. The van der Waals surface area contributed by atoms with Gasteiger partial charge in [-0.15, -0.1) is 0 Å². The Labute approximate surface area is 243 Å². The van der Waals surface area contributed by atoms with Gasteiger partial charge in [-0.05, 0) is 70.0 Å².